The number of hydrogen-bond donors (Lipinski definition) is 5. The van der Waals surface area contributed by atoms with Gasteiger partial charge in [0.2, 0.25) is 5.91 Å². The highest BCUT2D eigenvalue weighted by Crippen LogP contribution is 2.17. The Morgan fingerprint density at radius 1 is 0.393 bits per heavy atom. The molecule has 0 saturated heterocycles. The third-order valence-electron chi connectivity index (χ3n) is 12.9. The first kappa shape index (κ1) is 59.8. The molecule has 4 atom stereocenters. The zero-order valence-corrected chi connectivity index (χ0v) is 40.9. The molecule has 6 nitrogen and oxygen atoms in total. The highest BCUT2D eigenvalue weighted by molar-refractivity contribution is 5.80. The van der Waals surface area contributed by atoms with E-state index < -0.39 is 36.9 Å². The summed E-state index contributed by atoms with van der Waals surface area (Å²) in [6.45, 7) is 4.07. The fourth-order valence-electron chi connectivity index (χ4n) is 8.60. The van der Waals surface area contributed by atoms with Crippen LogP contribution in [-0.4, -0.2) is 57.3 Å². The topological polar surface area (TPSA) is 110 Å². The van der Waals surface area contributed by atoms with Crippen LogP contribution >= 0.6 is 0 Å². The van der Waals surface area contributed by atoms with Crippen molar-refractivity contribution >= 4 is 5.91 Å². The first-order valence-electron chi connectivity index (χ1n) is 27.2. The zero-order chi connectivity index (χ0) is 44.5. The van der Waals surface area contributed by atoms with E-state index in [2.05, 4.69) is 43.5 Å². The van der Waals surface area contributed by atoms with Gasteiger partial charge in [0.15, 0.2) is 0 Å². The summed E-state index contributed by atoms with van der Waals surface area (Å²) in [6, 6.07) is -1.01. The fourth-order valence-corrected chi connectivity index (χ4v) is 8.60. The van der Waals surface area contributed by atoms with Gasteiger partial charge in [0, 0.05) is 0 Å². The predicted molar refractivity (Wildman–Crippen MR) is 265 cm³/mol. The average Bonchev–Trinajstić information content (AvgIpc) is 3.26. The molecule has 0 aromatic rings. The molecule has 362 valence electrons. The van der Waals surface area contributed by atoms with E-state index >= 15 is 0 Å². The molecule has 0 aliphatic carbocycles. The lowest BCUT2D eigenvalue weighted by molar-refractivity contribution is -0.132. The van der Waals surface area contributed by atoms with Crippen molar-refractivity contribution in [2.75, 3.05) is 6.61 Å². The van der Waals surface area contributed by atoms with Crippen LogP contribution in [-0.2, 0) is 4.79 Å². The summed E-state index contributed by atoms with van der Waals surface area (Å²) in [5.41, 5.74) is 0. The average molecular weight is 862 g/mol. The summed E-state index contributed by atoms with van der Waals surface area (Å²) in [5.74, 6) is -0.592. The van der Waals surface area contributed by atoms with Gasteiger partial charge in [0.25, 0.3) is 0 Å². The van der Waals surface area contributed by atoms with Crippen LogP contribution in [0.3, 0.4) is 0 Å². The van der Waals surface area contributed by atoms with Crippen molar-refractivity contribution < 1.29 is 25.2 Å². The molecular formula is C55H107NO5. The van der Waals surface area contributed by atoms with Crippen molar-refractivity contribution in [1.82, 2.24) is 5.32 Å². The van der Waals surface area contributed by atoms with Gasteiger partial charge in [-0.05, 0) is 51.4 Å². The van der Waals surface area contributed by atoms with Crippen LogP contribution in [0.2, 0.25) is 0 Å². The van der Waals surface area contributed by atoms with E-state index in [1.54, 1.807) is 0 Å². The molecular weight excluding hydrogens is 755 g/mol. The molecule has 0 bridgehead atoms. The molecule has 0 saturated carbocycles. The van der Waals surface area contributed by atoms with Crippen molar-refractivity contribution in [2.45, 2.75) is 314 Å². The number of aliphatic hydroxyl groups excluding tert-OH is 4. The molecule has 4 unspecified atom stereocenters. The molecule has 0 radical (unpaired) electrons. The highest BCUT2D eigenvalue weighted by Gasteiger charge is 2.28. The van der Waals surface area contributed by atoms with Crippen LogP contribution in [0.1, 0.15) is 290 Å². The molecule has 1 amide bonds. The molecule has 61 heavy (non-hydrogen) atoms. The number of nitrogens with one attached hydrogen (secondary N) is 1. The number of unbranched alkanes of at least 4 members (excludes halogenated alkanes) is 37. The Hall–Kier alpha value is -1.21. The van der Waals surface area contributed by atoms with Crippen LogP contribution < -0.4 is 5.32 Å². The van der Waals surface area contributed by atoms with Crippen LogP contribution in [0.25, 0.3) is 0 Å². The number of carbonyl (C=O) groups excluding carboxylic acids is 1. The van der Waals surface area contributed by atoms with E-state index in [0.29, 0.717) is 19.3 Å². The molecule has 5 N–H and O–H groups in total. The Morgan fingerprint density at radius 3 is 1.03 bits per heavy atom. The van der Waals surface area contributed by atoms with Gasteiger partial charge < -0.3 is 25.7 Å². The number of hydrogen-bond acceptors (Lipinski definition) is 5. The molecule has 0 rings (SSSR count). The van der Waals surface area contributed by atoms with Gasteiger partial charge in [-0.1, -0.05) is 263 Å². The largest absolute Gasteiger partial charge is 0.394 e. The van der Waals surface area contributed by atoms with Crippen LogP contribution in [0, 0.1) is 0 Å². The third-order valence-corrected chi connectivity index (χ3v) is 12.9. The Labute approximate surface area is 380 Å². The smallest absolute Gasteiger partial charge is 0.249 e. The molecule has 0 aliphatic heterocycles. The molecule has 0 aliphatic rings. The summed E-state index contributed by atoms with van der Waals surface area (Å²) in [7, 11) is 0. The van der Waals surface area contributed by atoms with E-state index in [1.807, 2.05) is 0 Å². The van der Waals surface area contributed by atoms with E-state index in [4.69, 9.17) is 0 Å². The van der Waals surface area contributed by atoms with Crippen LogP contribution in [0.15, 0.2) is 24.3 Å². The van der Waals surface area contributed by atoms with E-state index in [9.17, 15) is 25.2 Å². The number of carbonyl (C=O) groups is 1. The lowest BCUT2D eigenvalue weighted by atomic mass is 10.00. The van der Waals surface area contributed by atoms with Gasteiger partial charge in [-0.25, -0.2) is 0 Å². The second-order valence-corrected chi connectivity index (χ2v) is 18.9. The van der Waals surface area contributed by atoms with Gasteiger partial charge in [-0.3, -0.25) is 4.79 Å². The van der Waals surface area contributed by atoms with Crippen molar-refractivity contribution in [1.29, 1.82) is 0 Å². The van der Waals surface area contributed by atoms with Gasteiger partial charge in [0.1, 0.15) is 12.2 Å². The van der Waals surface area contributed by atoms with Crippen LogP contribution in [0.5, 0.6) is 0 Å². The maximum Gasteiger partial charge on any atom is 0.249 e. The summed E-state index contributed by atoms with van der Waals surface area (Å²) >= 11 is 0. The normalized spacial score (nSPS) is 14.0. The number of rotatable bonds is 50. The highest BCUT2D eigenvalue weighted by atomic mass is 16.3. The summed E-state index contributed by atoms with van der Waals surface area (Å²) in [4.78, 5) is 12.6. The first-order chi connectivity index (χ1) is 30.0. The summed E-state index contributed by atoms with van der Waals surface area (Å²) in [6.07, 6.45) is 59.5. The molecule has 0 spiro atoms. The summed E-state index contributed by atoms with van der Waals surface area (Å²) < 4.78 is 0. The van der Waals surface area contributed by atoms with Crippen molar-refractivity contribution in [2.24, 2.45) is 0 Å². The predicted octanol–water partition coefficient (Wildman–Crippen LogP) is 15.5. The fraction of sp³-hybridized carbons (Fsp3) is 0.909. The Kier molecular flexibility index (Phi) is 48.8. The van der Waals surface area contributed by atoms with Gasteiger partial charge in [0.05, 0.1) is 18.8 Å². The molecule has 0 fully saturated rings. The minimum Gasteiger partial charge on any atom is -0.394 e. The lowest BCUT2D eigenvalue weighted by Gasteiger charge is -2.27. The van der Waals surface area contributed by atoms with Crippen LogP contribution in [0.4, 0.5) is 0 Å². The van der Waals surface area contributed by atoms with Crippen molar-refractivity contribution in [3.05, 3.63) is 24.3 Å². The van der Waals surface area contributed by atoms with Crippen molar-refractivity contribution in [3.8, 4) is 0 Å². The van der Waals surface area contributed by atoms with Gasteiger partial charge in [-0.2, -0.15) is 0 Å². The molecule has 0 aromatic carbocycles. The van der Waals surface area contributed by atoms with Gasteiger partial charge >= 0.3 is 0 Å². The van der Waals surface area contributed by atoms with Crippen molar-refractivity contribution in [3.63, 3.8) is 0 Å². The van der Waals surface area contributed by atoms with E-state index in [1.165, 1.54) is 218 Å². The van der Waals surface area contributed by atoms with Gasteiger partial charge in [-0.15, -0.1) is 0 Å². The number of allylic oxidation sites excluding steroid dienone is 4. The minimum atomic E-state index is -1.29. The molecule has 6 heteroatoms. The van der Waals surface area contributed by atoms with E-state index in [0.717, 1.165) is 38.5 Å². The second-order valence-electron chi connectivity index (χ2n) is 18.9. The Morgan fingerprint density at radius 2 is 0.689 bits per heavy atom. The SMILES string of the molecule is CCCCCCCCCCCCCCCC/C=C/CC/C=C/CCCC(O)C(O)C(CO)NC(=O)C(O)CCCCCCCCCCCCCCCCCCCCCCCC. The maximum atomic E-state index is 12.6. The maximum absolute atomic E-state index is 12.6. The van der Waals surface area contributed by atoms with E-state index in [-0.39, 0.29) is 0 Å². The minimum absolute atomic E-state index is 0.364. The quantitative estimate of drug-likeness (QED) is 0.0309. The first-order valence-corrected chi connectivity index (χ1v) is 27.2. The standard InChI is InChI=1S/C55H107NO5/c1-3-5-7-9-11-13-15-17-19-21-23-25-27-29-30-32-34-36-38-40-42-44-46-48-52(58)54(60)51(50-57)56-55(61)53(59)49-47-45-43-41-39-37-35-33-31-28-26-24-22-20-18-16-14-12-10-8-6-4-2/h32,34,40,42,51-54,57-60H,3-31,33,35-39,41,43-50H2,1-2H3,(H,56,61)/b34-32+,42-40+. The third kappa shape index (κ3) is 43.8. The second kappa shape index (κ2) is 49.8. The Balaban J connectivity index is 3.69. The number of aliphatic hydroxyl groups is 4. The monoisotopic (exact) mass is 862 g/mol. The molecule has 0 heterocycles. The zero-order valence-electron chi connectivity index (χ0n) is 40.9. The Bertz CT molecular complexity index is 924. The molecule has 0 aromatic heterocycles. The number of amides is 1. The lowest BCUT2D eigenvalue weighted by Crippen LogP contribution is -2.53. The summed E-state index contributed by atoms with van der Waals surface area (Å²) in [5, 5.41) is 43.9.